The summed E-state index contributed by atoms with van der Waals surface area (Å²) in [5.74, 6) is 1.65. The van der Waals surface area contributed by atoms with Crippen LogP contribution < -0.4 is 0 Å². The van der Waals surface area contributed by atoms with Crippen LogP contribution in [0.4, 0.5) is 0 Å². The quantitative estimate of drug-likeness (QED) is 0.177. The largest absolute Gasteiger partial charge is 0.292 e. The zero-order valence-electron chi connectivity index (χ0n) is 31.4. The predicted molar refractivity (Wildman–Crippen MR) is 235 cm³/mol. The number of imidazole rings is 1. The summed E-state index contributed by atoms with van der Waals surface area (Å²) in [4.78, 5) is 15.8. The molecular weight excluding hydrogens is 705 g/mol. The summed E-state index contributed by atoms with van der Waals surface area (Å²) in [5.41, 5.74) is 18.4. The Bertz CT molecular complexity index is 3200. The van der Waals surface area contributed by atoms with Crippen LogP contribution in [0.2, 0.25) is 0 Å². The van der Waals surface area contributed by atoms with Crippen molar-refractivity contribution >= 4 is 11.0 Å². The third-order valence-electron chi connectivity index (χ3n) is 12.0. The molecule has 270 valence electrons. The van der Waals surface area contributed by atoms with Crippen LogP contribution in [0.15, 0.2) is 206 Å². The first-order valence-corrected chi connectivity index (χ1v) is 19.8. The fourth-order valence-electron chi connectivity index (χ4n) is 9.52. The number of hydrogen-bond donors (Lipinski definition) is 0. The van der Waals surface area contributed by atoms with Gasteiger partial charge in [0.15, 0.2) is 5.82 Å². The molecular formula is C54H34N4. The summed E-state index contributed by atoms with van der Waals surface area (Å²) < 4.78 is 2.39. The van der Waals surface area contributed by atoms with Gasteiger partial charge in [-0.25, -0.2) is 15.0 Å². The van der Waals surface area contributed by atoms with Gasteiger partial charge in [-0.2, -0.15) is 0 Å². The Kier molecular flexibility index (Phi) is 7.11. The van der Waals surface area contributed by atoms with E-state index in [1.165, 1.54) is 44.5 Å². The normalized spacial score (nSPS) is 14.6. The van der Waals surface area contributed by atoms with Gasteiger partial charge in [-0.05, 0) is 68.8 Å². The number of hydrogen-bond acceptors (Lipinski definition) is 3. The fourth-order valence-corrected chi connectivity index (χ4v) is 9.52. The van der Waals surface area contributed by atoms with E-state index in [4.69, 9.17) is 15.0 Å². The van der Waals surface area contributed by atoms with Crippen molar-refractivity contribution in [1.29, 1.82) is 0 Å². The van der Waals surface area contributed by atoms with E-state index >= 15 is 0 Å². The van der Waals surface area contributed by atoms with Crippen LogP contribution in [0.1, 0.15) is 22.3 Å². The van der Waals surface area contributed by atoms with Crippen LogP contribution in [0, 0.1) is 0 Å². The molecule has 58 heavy (non-hydrogen) atoms. The van der Waals surface area contributed by atoms with Gasteiger partial charge in [0.05, 0.1) is 33.5 Å². The monoisotopic (exact) mass is 738 g/mol. The van der Waals surface area contributed by atoms with Crippen molar-refractivity contribution in [2.75, 3.05) is 0 Å². The molecule has 1 atom stereocenters. The Morgan fingerprint density at radius 3 is 1.66 bits per heavy atom. The highest BCUT2D eigenvalue weighted by molar-refractivity contribution is 5.98. The Balaban J connectivity index is 1.10. The third kappa shape index (κ3) is 4.72. The molecule has 1 aliphatic heterocycles. The summed E-state index contributed by atoms with van der Waals surface area (Å²) in [7, 11) is 0. The van der Waals surface area contributed by atoms with Crippen molar-refractivity contribution in [3.63, 3.8) is 0 Å². The van der Waals surface area contributed by atoms with E-state index in [1.54, 1.807) is 0 Å². The Hall–Kier alpha value is -7.69. The highest BCUT2D eigenvalue weighted by Gasteiger charge is 2.51. The van der Waals surface area contributed by atoms with Crippen molar-refractivity contribution in [3.05, 3.63) is 229 Å². The smallest absolute Gasteiger partial charge is 0.160 e. The summed E-state index contributed by atoms with van der Waals surface area (Å²) in [6.07, 6.45) is 0. The standard InChI is InChI=1S/C54H34N4/c1-4-15-35(16-5-1)36-27-29-37(30-28-36)48-34-49(56-52(55-48)38-17-6-2-7-18-38)40-31-32-42-41-21-10-11-22-43(41)54(46(42)33-40)44-23-12-13-26-50(44)58-51-45(54)24-14-25-47(51)57-53(58)39-19-8-3-9-20-39/h1-34H. The maximum atomic E-state index is 5.33. The van der Waals surface area contributed by atoms with Crippen LogP contribution in [-0.4, -0.2) is 19.5 Å². The minimum absolute atomic E-state index is 0.590. The SMILES string of the molecule is c1ccc(-c2ccc(-c3cc(-c4ccc5c(c4)C4(c6ccccc6-5)c5ccccc5-n5c(-c6ccccc6)nc6cccc4c65)nc(-c4ccccc4)n3)cc2)cc1. The molecule has 3 heterocycles. The van der Waals surface area contributed by atoms with E-state index in [2.05, 4.69) is 193 Å². The number of para-hydroxylation sites is 2. The molecule has 0 saturated heterocycles. The molecule has 1 spiro atoms. The van der Waals surface area contributed by atoms with Gasteiger partial charge in [0.1, 0.15) is 5.82 Å². The first kappa shape index (κ1) is 32.5. The highest BCUT2D eigenvalue weighted by Crippen LogP contribution is 2.61. The van der Waals surface area contributed by atoms with Crippen LogP contribution >= 0.6 is 0 Å². The zero-order chi connectivity index (χ0) is 38.2. The average Bonchev–Trinajstić information content (AvgIpc) is 3.84. The number of aromatic nitrogens is 4. The lowest BCUT2D eigenvalue weighted by atomic mass is 9.65. The molecule has 0 radical (unpaired) electrons. The van der Waals surface area contributed by atoms with Crippen LogP contribution in [0.5, 0.6) is 0 Å². The molecule has 8 aromatic carbocycles. The van der Waals surface area contributed by atoms with Crippen molar-refractivity contribution in [2.24, 2.45) is 0 Å². The molecule has 0 bridgehead atoms. The van der Waals surface area contributed by atoms with Crippen molar-refractivity contribution in [2.45, 2.75) is 5.41 Å². The van der Waals surface area contributed by atoms with Gasteiger partial charge in [-0.15, -0.1) is 0 Å². The molecule has 12 rings (SSSR count). The molecule has 2 aliphatic rings. The van der Waals surface area contributed by atoms with E-state index in [9.17, 15) is 0 Å². The van der Waals surface area contributed by atoms with Crippen molar-refractivity contribution < 1.29 is 0 Å². The predicted octanol–water partition coefficient (Wildman–Crippen LogP) is 12.8. The third-order valence-corrected chi connectivity index (χ3v) is 12.0. The first-order chi connectivity index (χ1) is 28.8. The number of benzene rings is 8. The second kappa shape index (κ2) is 12.7. The molecule has 1 aliphatic carbocycles. The van der Waals surface area contributed by atoms with Gasteiger partial charge < -0.3 is 0 Å². The molecule has 4 nitrogen and oxygen atoms in total. The molecule has 0 amide bonds. The Morgan fingerprint density at radius 1 is 0.345 bits per heavy atom. The van der Waals surface area contributed by atoms with E-state index in [-0.39, 0.29) is 0 Å². The van der Waals surface area contributed by atoms with Crippen LogP contribution in [-0.2, 0) is 5.41 Å². The lowest BCUT2D eigenvalue weighted by molar-refractivity contribution is 0.746. The molecule has 0 saturated carbocycles. The van der Waals surface area contributed by atoms with Crippen LogP contribution in [0.3, 0.4) is 0 Å². The average molecular weight is 739 g/mol. The Morgan fingerprint density at radius 2 is 0.897 bits per heavy atom. The van der Waals surface area contributed by atoms with Gasteiger partial charge in [0.2, 0.25) is 0 Å². The Labute approximate surface area is 336 Å². The lowest BCUT2D eigenvalue weighted by Crippen LogP contribution is -2.33. The summed E-state index contributed by atoms with van der Waals surface area (Å²) >= 11 is 0. The van der Waals surface area contributed by atoms with E-state index in [1.807, 2.05) is 18.2 Å². The van der Waals surface area contributed by atoms with Crippen molar-refractivity contribution in [3.8, 4) is 73.2 Å². The van der Waals surface area contributed by atoms with Gasteiger partial charge >= 0.3 is 0 Å². The maximum Gasteiger partial charge on any atom is 0.160 e. The van der Waals surface area contributed by atoms with E-state index in [0.29, 0.717) is 5.82 Å². The fraction of sp³-hybridized carbons (Fsp3) is 0.0185. The summed E-state index contributed by atoms with van der Waals surface area (Å²) in [6, 6.07) is 73.6. The van der Waals surface area contributed by atoms with E-state index < -0.39 is 5.41 Å². The van der Waals surface area contributed by atoms with Gasteiger partial charge in [0.25, 0.3) is 0 Å². The first-order valence-electron chi connectivity index (χ1n) is 19.8. The molecule has 2 aromatic heterocycles. The molecule has 1 unspecified atom stereocenters. The van der Waals surface area contributed by atoms with Crippen molar-refractivity contribution in [1.82, 2.24) is 19.5 Å². The summed E-state index contributed by atoms with van der Waals surface area (Å²) in [5, 5.41) is 0. The molecule has 0 fully saturated rings. The topological polar surface area (TPSA) is 43.6 Å². The van der Waals surface area contributed by atoms with Gasteiger partial charge in [-0.1, -0.05) is 182 Å². The molecule has 4 heteroatoms. The minimum Gasteiger partial charge on any atom is -0.292 e. The number of nitrogens with zero attached hydrogens (tertiary/aromatic N) is 4. The lowest BCUT2D eigenvalue weighted by Gasteiger charge is -2.39. The molecule has 0 N–H and O–H groups in total. The van der Waals surface area contributed by atoms with Gasteiger partial charge in [0, 0.05) is 22.3 Å². The second-order valence-corrected chi connectivity index (χ2v) is 15.2. The minimum atomic E-state index is -0.590. The highest BCUT2D eigenvalue weighted by atomic mass is 15.1. The second-order valence-electron chi connectivity index (χ2n) is 15.2. The molecule has 10 aromatic rings. The summed E-state index contributed by atoms with van der Waals surface area (Å²) in [6.45, 7) is 0. The maximum absolute atomic E-state index is 5.33. The van der Waals surface area contributed by atoms with Gasteiger partial charge in [-0.3, -0.25) is 4.57 Å². The number of rotatable bonds is 5. The number of fused-ring (bicyclic) bond motifs is 9. The van der Waals surface area contributed by atoms with E-state index in [0.717, 1.165) is 56.2 Å². The zero-order valence-corrected chi connectivity index (χ0v) is 31.4. The van der Waals surface area contributed by atoms with Crippen LogP contribution in [0.25, 0.3) is 84.3 Å².